The number of benzene rings is 2. The fourth-order valence-corrected chi connectivity index (χ4v) is 2.37. The van der Waals surface area contributed by atoms with Gasteiger partial charge in [-0.15, -0.1) is 0 Å². The summed E-state index contributed by atoms with van der Waals surface area (Å²) >= 11 is 0. The first-order valence-electron chi connectivity index (χ1n) is 7.20. The molecule has 2 aromatic carbocycles. The van der Waals surface area contributed by atoms with Crippen LogP contribution in [0.5, 0.6) is 0 Å². The highest BCUT2D eigenvalue weighted by molar-refractivity contribution is 5.77. The minimum absolute atomic E-state index is 0.453. The van der Waals surface area contributed by atoms with Crippen molar-refractivity contribution in [3.8, 4) is 0 Å². The number of nitrogens with one attached hydrogen (secondary N) is 1. The lowest BCUT2D eigenvalue weighted by atomic mass is 10.1. The predicted molar refractivity (Wildman–Crippen MR) is 89.7 cm³/mol. The molecule has 22 heavy (non-hydrogen) atoms. The van der Waals surface area contributed by atoms with Crippen molar-refractivity contribution >= 4 is 17.0 Å². The van der Waals surface area contributed by atoms with E-state index in [2.05, 4.69) is 50.2 Å². The fourth-order valence-electron chi connectivity index (χ4n) is 2.37. The molecular weight excluding hydrogens is 274 g/mol. The molecular formula is C17H19N5. The molecule has 0 fully saturated rings. The van der Waals surface area contributed by atoms with Crippen LogP contribution in [0.4, 0.5) is 0 Å². The van der Waals surface area contributed by atoms with Gasteiger partial charge in [-0.05, 0) is 23.3 Å². The van der Waals surface area contributed by atoms with Gasteiger partial charge in [-0.25, -0.2) is 4.98 Å². The number of imidazole rings is 1. The van der Waals surface area contributed by atoms with Crippen LogP contribution in [0.15, 0.2) is 59.9 Å². The number of fused-ring (bicyclic) bond motifs is 1. The third kappa shape index (κ3) is 3.09. The highest BCUT2D eigenvalue weighted by Gasteiger charge is 2.02. The Morgan fingerprint density at radius 2 is 1.86 bits per heavy atom. The van der Waals surface area contributed by atoms with Crippen molar-refractivity contribution < 1.29 is 0 Å². The number of aliphatic imine (C=N–C) groups is 1. The quantitative estimate of drug-likeness (QED) is 0.572. The molecule has 0 aliphatic heterocycles. The van der Waals surface area contributed by atoms with Crippen LogP contribution in [-0.4, -0.2) is 22.6 Å². The van der Waals surface area contributed by atoms with Gasteiger partial charge in [0.15, 0.2) is 5.96 Å². The van der Waals surface area contributed by atoms with Gasteiger partial charge in [-0.3, -0.25) is 4.99 Å². The Kier molecular flexibility index (Phi) is 4.05. The van der Waals surface area contributed by atoms with Crippen LogP contribution >= 0.6 is 0 Å². The van der Waals surface area contributed by atoms with Crippen molar-refractivity contribution in [2.24, 2.45) is 10.7 Å². The van der Waals surface area contributed by atoms with E-state index in [-0.39, 0.29) is 0 Å². The maximum absolute atomic E-state index is 5.62. The summed E-state index contributed by atoms with van der Waals surface area (Å²) < 4.78 is 2.16. The number of para-hydroxylation sites is 2. The van der Waals surface area contributed by atoms with Crippen LogP contribution in [0, 0.1) is 0 Å². The average Bonchev–Trinajstić information content (AvgIpc) is 2.97. The molecule has 112 valence electrons. The van der Waals surface area contributed by atoms with Crippen molar-refractivity contribution in [2.45, 2.75) is 13.1 Å². The van der Waals surface area contributed by atoms with E-state index in [4.69, 9.17) is 5.73 Å². The van der Waals surface area contributed by atoms with Gasteiger partial charge in [0.1, 0.15) is 0 Å². The molecule has 3 N–H and O–H groups in total. The third-order valence-electron chi connectivity index (χ3n) is 3.62. The Labute approximate surface area is 129 Å². The van der Waals surface area contributed by atoms with Gasteiger partial charge >= 0.3 is 0 Å². The Morgan fingerprint density at radius 3 is 2.64 bits per heavy atom. The number of nitrogens with two attached hydrogens (primary N) is 1. The lowest BCUT2D eigenvalue weighted by Crippen LogP contribution is -2.30. The Morgan fingerprint density at radius 1 is 1.14 bits per heavy atom. The van der Waals surface area contributed by atoms with E-state index in [1.165, 1.54) is 11.1 Å². The van der Waals surface area contributed by atoms with Gasteiger partial charge in [0, 0.05) is 20.1 Å². The number of aromatic nitrogens is 2. The number of hydrogen-bond donors (Lipinski definition) is 2. The summed E-state index contributed by atoms with van der Waals surface area (Å²) in [6.45, 7) is 1.49. The number of guanidine groups is 1. The standard InChI is InChI=1S/C17H19N5/c1-19-17(18)20-10-13-6-8-14(9-7-13)11-22-12-21-15-4-2-3-5-16(15)22/h2-9,12H,10-11H2,1H3,(H3,18,19,20). The molecule has 0 spiro atoms. The van der Waals surface area contributed by atoms with Gasteiger partial charge in [0.05, 0.1) is 17.4 Å². The SMILES string of the molecule is CN=C(N)NCc1ccc(Cn2cnc3ccccc32)cc1. The zero-order valence-electron chi connectivity index (χ0n) is 12.5. The van der Waals surface area contributed by atoms with Crippen LogP contribution in [0.25, 0.3) is 11.0 Å². The summed E-state index contributed by atoms with van der Waals surface area (Å²) in [5.74, 6) is 0.453. The van der Waals surface area contributed by atoms with Crippen molar-refractivity contribution in [3.05, 3.63) is 66.0 Å². The van der Waals surface area contributed by atoms with E-state index in [0.717, 1.165) is 17.6 Å². The van der Waals surface area contributed by atoms with Gasteiger partial charge in [-0.1, -0.05) is 36.4 Å². The summed E-state index contributed by atoms with van der Waals surface area (Å²) in [4.78, 5) is 8.29. The van der Waals surface area contributed by atoms with Gasteiger partial charge in [-0.2, -0.15) is 0 Å². The van der Waals surface area contributed by atoms with Crippen molar-refractivity contribution in [1.29, 1.82) is 0 Å². The smallest absolute Gasteiger partial charge is 0.188 e. The topological polar surface area (TPSA) is 68.2 Å². The summed E-state index contributed by atoms with van der Waals surface area (Å²) in [6, 6.07) is 16.6. The van der Waals surface area contributed by atoms with Crippen LogP contribution in [0.2, 0.25) is 0 Å². The van der Waals surface area contributed by atoms with Crippen molar-refractivity contribution in [3.63, 3.8) is 0 Å². The van der Waals surface area contributed by atoms with E-state index in [1.54, 1.807) is 7.05 Å². The molecule has 0 saturated heterocycles. The maximum atomic E-state index is 5.62. The first kappa shape index (κ1) is 14.1. The molecule has 0 bridgehead atoms. The first-order chi connectivity index (χ1) is 10.8. The zero-order chi connectivity index (χ0) is 15.4. The fraction of sp³-hybridized carbons (Fsp3) is 0.176. The Bertz CT molecular complexity index is 786. The third-order valence-corrected chi connectivity index (χ3v) is 3.62. The molecule has 0 aliphatic rings. The minimum Gasteiger partial charge on any atom is -0.370 e. The molecule has 3 rings (SSSR count). The second-order valence-corrected chi connectivity index (χ2v) is 5.14. The maximum Gasteiger partial charge on any atom is 0.188 e. The number of rotatable bonds is 4. The monoisotopic (exact) mass is 293 g/mol. The molecule has 0 unspecified atom stereocenters. The molecule has 0 amide bonds. The molecule has 1 heterocycles. The molecule has 5 heteroatoms. The molecule has 0 atom stereocenters. The van der Waals surface area contributed by atoms with Crippen LogP contribution < -0.4 is 11.1 Å². The van der Waals surface area contributed by atoms with Crippen LogP contribution in [-0.2, 0) is 13.1 Å². The lowest BCUT2D eigenvalue weighted by molar-refractivity contribution is 0.822. The van der Waals surface area contributed by atoms with Gasteiger partial charge < -0.3 is 15.6 Å². The van der Waals surface area contributed by atoms with E-state index in [0.29, 0.717) is 12.5 Å². The summed E-state index contributed by atoms with van der Waals surface area (Å²) in [5.41, 5.74) is 10.2. The first-order valence-corrected chi connectivity index (χ1v) is 7.20. The highest BCUT2D eigenvalue weighted by Crippen LogP contribution is 2.14. The average molecular weight is 293 g/mol. The predicted octanol–water partition coefficient (Wildman–Crippen LogP) is 2.12. The van der Waals surface area contributed by atoms with Crippen molar-refractivity contribution in [1.82, 2.24) is 14.9 Å². The largest absolute Gasteiger partial charge is 0.370 e. The lowest BCUT2D eigenvalue weighted by Gasteiger charge is -2.07. The zero-order valence-corrected chi connectivity index (χ0v) is 12.5. The molecule has 5 nitrogen and oxygen atoms in total. The number of hydrogen-bond acceptors (Lipinski definition) is 2. The summed E-state index contributed by atoms with van der Waals surface area (Å²) in [5, 5.41) is 3.05. The second-order valence-electron chi connectivity index (χ2n) is 5.14. The molecule has 1 aromatic heterocycles. The van der Waals surface area contributed by atoms with E-state index < -0.39 is 0 Å². The second kappa shape index (κ2) is 6.30. The Hall–Kier alpha value is -2.82. The normalized spacial score (nSPS) is 11.8. The molecule has 0 radical (unpaired) electrons. The molecule has 0 aliphatic carbocycles. The van der Waals surface area contributed by atoms with Gasteiger partial charge in [0.2, 0.25) is 0 Å². The summed E-state index contributed by atoms with van der Waals surface area (Å²) in [6.07, 6.45) is 1.89. The molecule has 0 saturated carbocycles. The van der Waals surface area contributed by atoms with Crippen molar-refractivity contribution in [2.75, 3.05) is 7.05 Å². The Balaban J connectivity index is 1.71. The van der Waals surface area contributed by atoms with Crippen LogP contribution in [0.3, 0.4) is 0 Å². The van der Waals surface area contributed by atoms with E-state index in [1.807, 2.05) is 24.5 Å². The highest BCUT2D eigenvalue weighted by atomic mass is 15.1. The molecule has 3 aromatic rings. The van der Waals surface area contributed by atoms with Gasteiger partial charge in [0.25, 0.3) is 0 Å². The van der Waals surface area contributed by atoms with Crippen LogP contribution in [0.1, 0.15) is 11.1 Å². The summed E-state index contributed by atoms with van der Waals surface area (Å²) in [7, 11) is 1.67. The number of nitrogens with zero attached hydrogens (tertiary/aromatic N) is 3. The minimum atomic E-state index is 0.453. The van der Waals surface area contributed by atoms with E-state index >= 15 is 0 Å². The van der Waals surface area contributed by atoms with E-state index in [9.17, 15) is 0 Å².